The van der Waals surface area contributed by atoms with Crippen molar-refractivity contribution in [3.63, 3.8) is 0 Å². The van der Waals surface area contributed by atoms with Gasteiger partial charge in [-0.2, -0.15) is 0 Å². The van der Waals surface area contributed by atoms with E-state index >= 15 is 0 Å². The summed E-state index contributed by atoms with van der Waals surface area (Å²) in [6.45, 7) is 6.35. The van der Waals surface area contributed by atoms with E-state index in [-0.39, 0.29) is 18.1 Å². The van der Waals surface area contributed by atoms with Gasteiger partial charge in [-0.15, -0.1) is 0 Å². The molecular weight excluding hydrogens is 312 g/mol. The van der Waals surface area contributed by atoms with Gasteiger partial charge in [0.05, 0.1) is 23.2 Å². The van der Waals surface area contributed by atoms with Crippen LogP contribution in [0.1, 0.15) is 22.5 Å². The third-order valence-corrected chi connectivity index (χ3v) is 4.63. The molecule has 0 fully saturated rings. The Morgan fingerprint density at radius 3 is 2.60 bits per heavy atom. The van der Waals surface area contributed by atoms with Gasteiger partial charge in [-0.05, 0) is 55.7 Å². The number of benzene rings is 2. The van der Waals surface area contributed by atoms with Crippen LogP contribution in [0.2, 0.25) is 0 Å². The third kappa shape index (κ3) is 2.48. The number of aliphatic hydroxyl groups excluding tert-OH is 1. The number of nitrogens with zero attached hydrogens (tertiary/aromatic N) is 2. The highest BCUT2D eigenvalue weighted by molar-refractivity contribution is 6.30. The van der Waals surface area contributed by atoms with E-state index in [0.717, 1.165) is 33.4 Å². The summed E-state index contributed by atoms with van der Waals surface area (Å²) >= 11 is 0. The fraction of sp³-hybridized carbons (Fsp3) is 0.200. The quantitative estimate of drug-likeness (QED) is 0.656. The Hall–Kier alpha value is -3.08. The molecule has 126 valence electrons. The van der Waals surface area contributed by atoms with Crippen molar-refractivity contribution in [1.82, 2.24) is 9.97 Å². The summed E-state index contributed by atoms with van der Waals surface area (Å²) in [7, 11) is 0. The molecule has 2 aromatic carbocycles. The second kappa shape index (κ2) is 5.48. The van der Waals surface area contributed by atoms with Crippen LogP contribution in [0.25, 0.3) is 16.6 Å². The number of aryl methyl sites for hydroxylation is 3. The summed E-state index contributed by atoms with van der Waals surface area (Å²) in [6, 6.07) is 12.1. The Morgan fingerprint density at radius 2 is 1.80 bits per heavy atom. The molecule has 3 aromatic rings. The molecule has 0 radical (unpaired) electrons. The van der Waals surface area contributed by atoms with Crippen molar-refractivity contribution in [2.45, 2.75) is 20.8 Å². The molecular formula is C20H20N4O. The molecule has 0 atom stereocenters. The highest BCUT2D eigenvalue weighted by Crippen LogP contribution is 2.33. The summed E-state index contributed by atoms with van der Waals surface area (Å²) in [4.78, 5) is 9.63. The first-order valence-electron chi connectivity index (χ1n) is 8.26. The summed E-state index contributed by atoms with van der Waals surface area (Å²) in [6.07, 6.45) is 0. The van der Waals surface area contributed by atoms with Gasteiger partial charge in [0.2, 0.25) is 0 Å². The van der Waals surface area contributed by atoms with Crippen LogP contribution in [-0.4, -0.2) is 27.5 Å². The molecule has 25 heavy (non-hydrogen) atoms. The predicted octanol–water partition coefficient (Wildman–Crippen LogP) is 4.25. The maximum atomic E-state index is 10.5. The van der Waals surface area contributed by atoms with E-state index in [1.165, 1.54) is 0 Å². The van der Waals surface area contributed by atoms with E-state index in [4.69, 9.17) is 5.41 Å². The number of amidine groups is 1. The number of H-pyrrole nitrogens is 1. The van der Waals surface area contributed by atoms with Crippen molar-refractivity contribution in [1.29, 1.82) is 5.41 Å². The summed E-state index contributed by atoms with van der Waals surface area (Å²) < 4.78 is 0. The van der Waals surface area contributed by atoms with Crippen molar-refractivity contribution >= 4 is 28.1 Å². The van der Waals surface area contributed by atoms with Gasteiger partial charge < -0.3 is 15.0 Å². The van der Waals surface area contributed by atoms with E-state index in [9.17, 15) is 5.11 Å². The van der Waals surface area contributed by atoms with Crippen molar-refractivity contribution < 1.29 is 5.11 Å². The number of aliphatic hydroxyl groups is 1. The minimum atomic E-state index is 0.168. The first kappa shape index (κ1) is 15.4. The molecule has 0 saturated carbocycles. The van der Waals surface area contributed by atoms with E-state index in [1.807, 2.05) is 62.1 Å². The van der Waals surface area contributed by atoms with Gasteiger partial charge in [0.1, 0.15) is 17.4 Å². The first-order chi connectivity index (χ1) is 11.9. The van der Waals surface area contributed by atoms with Gasteiger partial charge in [-0.3, -0.25) is 5.41 Å². The number of hydrogen-bond donors (Lipinski definition) is 3. The summed E-state index contributed by atoms with van der Waals surface area (Å²) in [5, 5.41) is 19.1. The summed E-state index contributed by atoms with van der Waals surface area (Å²) in [5.41, 5.74) is 6.49. The zero-order chi connectivity index (χ0) is 17.7. The molecule has 0 aliphatic carbocycles. The van der Waals surface area contributed by atoms with E-state index < -0.39 is 0 Å². The number of anilines is 1. The lowest BCUT2D eigenvalue weighted by molar-refractivity contribution is 0.411. The molecule has 0 saturated heterocycles. The standard InChI is InChI=1S/C20H20N4O/c1-11-5-7-14-15(8-11)23-20(22-14)18-17(25)10-24(19(18)21)16-9-12(2)4-6-13(16)3/h4-9,21,25H,10H2,1-3H3,(H,22,23). The first-order valence-corrected chi connectivity index (χ1v) is 8.26. The van der Waals surface area contributed by atoms with Crippen molar-refractivity contribution in [3.8, 4) is 0 Å². The number of rotatable bonds is 2. The minimum absolute atomic E-state index is 0.168. The molecule has 0 unspecified atom stereocenters. The maximum Gasteiger partial charge on any atom is 0.145 e. The number of fused-ring (bicyclic) bond motifs is 1. The van der Waals surface area contributed by atoms with E-state index in [1.54, 1.807) is 0 Å². The highest BCUT2D eigenvalue weighted by Gasteiger charge is 2.32. The number of hydrogen-bond acceptors (Lipinski definition) is 3. The second-order valence-electron chi connectivity index (χ2n) is 6.65. The largest absolute Gasteiger partial charge is 0.509 e. The average Bonchev–Trinajstić information content (AvgIpc) is 3.09. The molecule has 5 heteroatoms. The van der Waals surface area contributed by atoms with Gasteiger partial charge in [0.15, 0.2) is 0 Å². The molecule has 5 nitrogen and oxygen atoms in total. The lowest BCUT2D eigenvalue weighted by Gasteiger charge is -2.21. The van der Waals surface area contributed by atoms with Crippen molar-refractivity contribution in [2.24, 2.45) is 0 Å². The minimum Gasteiger partial charge on any atom is -0.509 e. The van der Waals surface area contributed by atoms with Crippen molar-refractivity contribution in [3.05, 3.63) is 64.7 Å². The van der Waals surface area contributed by atoms with E-state index in [0.29, 0.717) is 11.4 Å². The van der Waals surface area contributed by atoms with Gasteiger partial charge >= 0.3 is 0 Å². The number of imidazole rings is 1. The third-order valence-electron chi connectivity index (χ3n) is 4.63. The van der Waals surface area contributed by atoms with Crippen LogP contribution in [0.5, 0.6) is 0 Å². The molecule has 1 aromatic heterocycles. The molecule has 3 N–H and O–H groups in total. The number of aromatic amines is 1. The predicted molar refractivity (Wildman–Crippen MR) is 101 cm³/mol. The number of aromatic nitrogens is 2. The lowest BCUT2D eigenvalue weighted by atomic mass is 10.1. The zero-order valence-electron chi connectivity index (χ0n) is 14.5. The monoisotopic (exact) mass is 332 g/mol. The lowest BCUT2D eigenvalue weighted by Crippen LogP contribution is -2.27. The fourth-order valence-electron chi connectivity index (χ4n) is 3.29. The van der Waals surface area contributed by atoms with Crippen LogP contribution < -0.4 is 4.90 Å². The Labute approximate surface area is 146 Å². The maximum absolute atomic E-state index is 10.5. The molecule has 4 rings (SSSR count). The Bertz CT molecular complexity index is 1050. The number of nitrogens with one attached hydrogen (secondary N) is 2. The van der Waals surface area contributed by atoms with Crippen LogP contribution in [0.15, 0.2) is 42.2 Å². The Balaban J connectivity index is 1.76. The highest BCUT2D eigenvalue weighted by atomic mass is 16.3. The normalized spacial score (nSPS) is 14.8. The van der Waals surface area contributed by atoms with Gasteiger partial charge in [0, 0.05) is 5.69 Å². The molecule has 0 bridgehead atoms. The van der Waals surface area contributed by atoms with Crippen LogP contribution in [0.3, 0.4) is 0 Å². The SMILES string of the molecule is Cc1ccc(C)c(N2CC(O)=C(c3nc4ccc(C)cc4[nH]3)C2=N)c1. The van der Waals surface area contributed by atoms with E-state index in [2.05, 4.69) is 9.97 Å². The van der Waals surface area contributed by atoms with Crippen LogP contribution in [0, 0.1) is 26.2 Å². The van der Waals surface area contributed by atoms with Gasteiger partial charge in [-0.1, -0.05) is 18.2 Å². The zero-order valence-corrected chi connectivity index (χ0v) is 14.5. The molecule has 1 aliphatic heterocycles. The molecule has 1 aliphatic rings. The van der Waals surface area contributed by atoms with Gasteiger partial charge in [-0.25, -0.2) is 4.98 Å². The Kier molecular flexibility index (Phi) is 3.39. The fourth-order valence-corrected chi connectivity index (χ4v) is 3.29. The van der Waals surface area contributed by atoms with Crippen molar-refractivity contribution in [2.75, 3.05) is 11.4 Å². The molecule has 0 amide bonds. The second-order valence-corrected chi connectivity index (χ2v) is 6.65. The van der Waals surface area contributed by atoms with Gasteiger partial charge in [0.25, 0.3) is 0 Å². The van der Waals surface area contributed by atoms with Crippen LogP contribution in [0.4, 0.5) is 5.69 Å². The average molecular weight is 332 g/mol. The smallest absolute Gasteiger partial charge is 0.145 e. The molecule has 2 heterocycles. The van der Waals surface area contributed by atoms with Crippen LogP contribution in [-0.2, 0) is 0 Å². The molecule has 0 spiro atoms. The topological polar surface area (TPSA) is 76.0 Å². The Morgan fingerprint density at radius 1 is 1.08 bits per heavy atom. The summed E-state index contributed by atoms with van der Waals surface area (Å²) in [5.74, 6) is 0.972. The van der Waals surface area contributed by atoms with Crippen LogP contribution >= 0.6 is 0 Å².